The lowest BCUT2D eigenvalue weighted by molar-refractivity contribution is -0.122. The van der Waals surface area contributed by atoms with Crippen molar-refractivity contribution in [3.05, 3.63) is 18.5 Å². The number of carbonyl (C=O) groups excluding carboxylic acids is 1. The molecule has 1 saturated heterocycles. The Morgan fingerprint density at radius 3 is 3.25 bits per heavy atom. The first kappa shape index (κ1) is 11.1. The fourth-order valence-electron chi connectivity index (χ4n) is 1.92. The fraction of sp³-hybridized carbons (Fsp3) is 0.636. The predicted molar refractivity (Wildman–Crippen MR) is 60.9 cm³/mol. The molecule has 0 unspecified atom stereocenters. The van der Waals surface area contributed by atoms with Crippen molar-refractivity contribution in [2.75, 3.05) is 13.1 Å². The van der Waals surface area contributed by atoms with Gasteiger partial charge in [-0.25, -0.2) is 0 Å². The summed E-state index contributed by atoms with van der Waals surface area (Å²) in [5, 5.41) is 10.4. The highest BCUT2D eigenvalue weighted by Gasteiger charge is 2.14. The van der Waals surface area contributed by atoms with Gasteiger partial charge in [-0.15, -0.1) is 0 Å². The van der Waals surface area contributed by atoms with Gasteiger partial charge in [0.1, 0.15) is 0 Å². The minimum absolute atomic E-state index is 0.115. The summed E-state index contributed by atoms with van der Waals surface area (Å²) in [4.78, 5) is 11.6. The molecule has 0 aromatic carbocycles. The smallest absolute Gasteiger partial charge is 0.222 e. The van der Waals surface area contributed by atoms with Gasteiger partial charge in [0.2, 0.25) is 5.91 Å². The van der Waals surface area contributed by atoms with E-state index in [9.17, 15) is 4.79 Å². The zero-order valence-corrected chi connectivity index (χ0v) is 9.35. The van der Waals surface area contributed by atoms with Crippen LogP contribution in [0.4, 0.5) is 0 Å². The zero-order valence-electron chi connectivity index (χ0n) is 9.35. The van der Waals surface area contributed by atoms with Crippen LogP contribution in [0.15, 0.2) is 18.5 Å². The van der Waals surface area contributed by atoms with Gasteiger partial charge in [0.15, 0.2) is 0 Å². The van der Waals surface area contributed by atoms with Gasteiger partial charge >= 0.3 is 0 Å². The summed E-state index contributed by atoms with van der Waals surface area (Å²) in [6, 6.07) is 2.17. The van der Waals surface area contributed by atoms with Crippen LogP contribution in [0.2, 0.25) is 0 Å². The predicted octanol–water partition coefficient (Wildman–Crippen LogP) is 0.141. The molecule has 1 aliphatic heterocycles. The first-order valence-electron chi connectivity index (χ1n) is 5.82. The lowest BCUT2D eigenvalue weighted by Crippen LogP contribution is -2.45. The Hall–Kier alpha value is -1.36. The van der Waals surface area contributed by atoms with Crippen LogP contribution in [-0.2, 0) is 11.3 Å². The van der Waals surface area contributed by atoms with E-state index in [-0.39, 0.29) is 5.91 Å². The summed E-state index contributed by atoms with van der Waals surface area (Å²) >= 11 is 0. The molecule has 88 valence electrons. The molecular weight excluding hydrogens is 204 g/mol. The van der Waals surface area contributed by atoms with E-state index in [1.165, 1.54) is 0 Å². The van der Waals surface area contributed by atoms with E-state index in [1.807, 2.05) is 12.3 Å². The molecular formula is C11H18N4O. The highest BCUT2D eigenvalue weighted by Crippen LogP contribution is 2.01. The van der Waals surface area contributed by atoms with Crippen molar-refractivity contribution in [1.82, 2.24) is 20.4 Å². The second-order valence-electron chi connectivity index (χ2n) is 4.13. The van der Waals surface area contributed by atoms with E-state index in [1.54, 1.807) is 10.9 Å². The Morgan fingerprint density at radius 2 is 2.56 bits per heavy atom. The molecule has 1 aromatic heterocycles. The van der Waals surface area contributed by atoms with Crippen molar-refractivity contribution >= 4 is 5.91 Å². The molecule has 0 saturated carbocycles. The number of carbonyl (C=O) groups is 1. The van der Waals surface area contributed by atoms with Crippen molar-refractivity contribution < 1.29 is 4.79 Å². The van der Waals surface area contributed by atoms with Crippen LogP contribution in [0.3, 0.4) is 0 Å². The van der Waals surface area contributed by atoms with Crippen LogP contribution in [-0.4, -0.2) is 34.8 Å². The van der Waals surface area contributed by atoms with Gasteiger partial charge in [0.05, 0.1) is 0 Å². The summed E-state index contributed by atoms with van der Waals surface area (Å²) in [5.74, 6) is 0.115. The number of rotatable bonds is 4. The SMILES string of the molecule is O=C(CCn1cccn1)N[C@@H]1CCCNC1. The molecule has 1 fully saturated rings. The summed E-state index contributed by atoms with van der Waals surface area (Å²) < 4.78 is 1.78. The van der Waals surface area contributed by atoms with Gasteiger partial charge in [0, 0.05) is 37.9 Å². The van der Waals surface area contributed by atoms with Crippen LogP contribution in [0.5, 0.6) is 0 Å². The van der Waals surface area contributed by atoms with Gasteiger partial charge in [-0.2, -0.15) is 5.10 Å². The molecule has 16 heavy (non-hydrogen) atoms. The minimum atomic E-state index is 0.115. The number of piperidine rings is 1. The fourth-order valence-corrected chi connectivity index (χ4v) is 1.92. The summed E-state index contributed by atoms with van der Waals surface area (Å²) in [7, 11) is 0. The quantitative estimate of drug-likeness (QED) is 0.762. The first-order chi connectivity index (χ1) is 7.84. The number of hydrogen-bond donors (Lipinski definition) is 2. The summed E-state index contributed by atoms with van der Waals surface area (Å²) in [6.45, 7) is 2.62. The van der Waals surface area contributed by atoms with Crippen molar-refractivity contribution in [3.8, 4) is 0 Å². The van der Waals surface area contributed by atoms with Gasteiger partial charge < -0.3 is 10.6 Å². The van der Waals surface area contributed by atoms with E-state index in [2.05, 4.69) is 15.7 Å². The van der Waals surface area contributed by atoms with Gasteiger partial charge in [0.25, 0.3) is 0 Å². The third kappa shape index (κ3) is 3.34. The average Bonchev–Trinajstić information content (AvgIpc) is 2.81. The maximum absolute atomic E-state index is 11.6. The molecule has 0 spiro atoms. The lowest BCUT2D eigenvalue weighted by atomic mass is 10.1. The Morgan fingerprint density at radius 1 is 1.62 bits per heavy atom. The average molecular weight is 222 g/mol. The van der Waals surface area contributed by atoms with Crippen LogP contribution in [0.1, 0.15) is 19.3 Å². The number of amides is 1. The lowest BCUT2D eigenvalue weighted by Gasteiger charge is -2.23. The summed E-state index contributed by atoms with van der Waals surface area (Å²) in [6.07, 6.45) is 6.32. The number of nitrogens with zero attached hydrogens (tertiary/aromatic N) is 2. The maximum Gasteiger partial charge on any atom is 0.222 e. The van der Waals surface area contributed by atoms with E-state index in [4.69, 9.17) is 0 Å². The van der Waals surface area contributed by atoms with Crippen molar-refractivity contribution in [3.63, 3.8) is 0 Å². The van der Waals surface area contributed by atoms with Gasteiger partial charge in [-0.05, 0) is 25.5 Å². The Labute approximate surface area is 95.2 Å². The standard InChI is InChI=1S/C11H18N4O/c16-11(4-8-15-7-2-6-13-15)14-10-3-1-5-12-9-10/h2,6-7,10,12H,1,3-5,8-9H2,(H,14,16)/t10-/m1/s1. The van der Waals surface area contributed by atoms with E-state index in [0.29, 0.717) is 19.0 Å². The van der Waals surface area contributed by atoms with Crippen LogP contribution >= 0.6 is 0 Å². The molecule has 1 amide bonds. The normalized spacial score (nSPS) is 20.6. The second-order valence-corrected chi connectivity index (χ2v) is 4.13. The van der Waals surface area contributed by atoms with E-state index >= 15 is 0 Å². The Bertz CT molecular complexity index is 317. The first-order valence-corrected chi connectivity index (χ1v) is 5.82. The molecule has 1 aliphatic rings. The molecule has 0 bridgehead atoms. The van der Waals surface area contributed by atoms with Crippen LogP contribution in [0, 0.1) is 0 Å². The molecule has 2 rings (SSSR count). The second kappa shape index (κ2) is 5.65. The Kier molecular flexibility index (Phi) is 3.93. The van der Waals surface area contributed by atoms with Gasteiger partial charge in [-0.1, -0.05) is 0 Å². The van der Waals surface area contributed by atoms with Crippen molar-refractivity contribution in [2.45, 2.75) is 31.8 Å². The third-order valence-electron chi connectivity index (χ3n) is 2.79. The molecule has 2 heterocycles. The topological polar surface area (TPSA) is 59.0 Å². The number of hydrogen-bond acceptors (Lipinski definition) is 3. The number of nitrogens with one attached hydrogen (secondary N) is 2. The zero-order chi connectivity index (χ0) is 11.2. The monoisotopic (exact) mass is 222 g/mol. The number of aryl methyl sites for hydroxylation is 1. The molecule has 5 nitrogen and oxygen atoms in total. The molecule has 0 radical (unpaired) electrons. The molecule has 2 N–H and O–H groups in total. The minimum Gasteiger partial charge on any atom is -0.352 e. The van der Waals surface area contributed by atoms with Crippen LogP contribution < -0.4 is 10.6 Å². The largest absolute Gasteiger partial charge is 0.352 e. The van der Waals surface area contributed by atoms with Crippen molar-refractivity contribution in [2.24, 2.45) is 0 Å². The Balaban J connectivity index is 1.67. The van der Waals surface area contributed by atoms with Crippen LogP contribution in [0.25, 0.3) is 0 Å². The molecule has 1 atom stereocenters. The van der Waals surface area contributed by atoms with E-state index < -0.39 is 0 Å². The molecule has 1 aromatic rings. The molecule has 0 aliphatic carbocycles. The van der Waals surface area contributed by atoms with E-state index in [0.717, 1.165) is 25.9 Å². The third-order valence-corrected chi connectivity index (χ3v) is 2.79. The van der Waals surface area contributed by atoms with Crippen molar-refractivity contribution in [1.29, 1.82) is 0 Å². The highest BCUT2D eigenvalue weighted by molar-refractivity contribution is 5.76. The molecule has 5 heteroatoms. The summed E-state index contributed by atoms with van der Waals surface area (Å²) in [5.41, 5.74) is 0. The maximum atomic E-state index is 11.6. The number of aromatic nitrogens is 2. The van der Waals surface area contributed by atoms with Gasteiger partial charge in [-0.3, -0.25) is 9.48 Å². The highest BCUT2D eigenvalue weighted by atomic mass is 16.1.